The Morgan fingerprint density at radius 2 is 0.892 bits per heavy atom. The summed E-state index contributed by atoms with van der Waals surface area (Å²) in [5.74, 6) is -1.24. The molecular weight excluding hydrogens is 882 g/mol. The van der Waals surface area contributed by atoms with Crippen molar-refractivity contribution in [1.29, 1.82) is 0 Å². The molecule has 8 unspecified atom stereocenters. The molecule has 0 amide bonds. The van der Waals surface area contributed by atoms with Gasteiger partial charge in [0.15, 0.2) is 6.10 Å². The maximum atomic E-state index is 13.0. The fraction of sp³-hybridized carbons (Fsp3) is 0.787. The van der Waals surface area contributed by atoms with E-state index in [9.17, 15) is 53.8 Å². The van der Waals surface area contributed by atoms with E-state index in [0.717, 1.165) is 70.6 Å². The number of hydrogen-bond acceptors (Lipinski definition) is 13. The molecule has 0 aromatic carbocycles. The molecule has 0 spiro atoms. The van der Waals surface area contributed by atoms with Crippen LogP contribution >= 0.6 is 15.6 Å². The number of unbranched alkanes of at least 4 members (excludes halogenated alkanes) is 18. The lowest BCUT2D eigenvalue weighted by Gasteiger charge is -2.43. The number of phosphoric acid groups is 2. The van der Waals surface area contributed by atoms with Crippen LogP contribution in [0.15, 0.2) is 48.6 Å². The summed E-state index contributed by atoms with van der Waals surface area (Å²) in [7, 11) is -10.7. The third kappa shape index (κ3) is 32.4. The smallest absolute Gasteiger partial charge is 0.462 e. The number of hydrogen-bond donors (Lipinski definition) is 7. The fourth-order valence-corrected chi connectivity index (χ4v) is 8.67. The van der Waals surface area contributed by atoms with Crippen molar-refractivity contribution in [1.82, 2.24) is 0 Å². The minimum absolute atomic E-state index is 0.00689. The normalized spacial score (nSPS) is 22.0. The van der Waals surface area contributed by atoms with Gasteiger partial charge in [0.2, 0.25) is 0 Å². The molecule has 0 aliphatic heterocycles. The molecule has 18 heteroatoms. The molecule has 0 aromatic rings. The van der Waals surface area contributed by atoms with Gasteiger partial charge >= 0.3 is 27.6 Å². The number of allylic oxidation sites excluding steroid dienone is 8. The van der Waals surface area contributed by atoms with Crippen LogP contribution in [0.1, 0.15) is 181 Å². The van der Waals surface area contributed by atoms with Gasteiger partial charge in [-0.25, -0.2) is 9.13 Å². The van der Waals surface area contributed by atoms with Gasteiger partial charge in [0.05, 0.1) is 6.61 Å². The minimum Gasteiger partial charge on any atom is -0.462 e. The zero-order valence-corrected chi connectivity index (χ0v) is 40.9. The van der Waals surface area contributed by atoms with Gasteiger partial charge in [0.25, 0.3) is 0 Å². The standard InChI is InChI=1S/C47H84O16P2/c1-3-5-7-9-11-13-15-17-18-19-20-21-22-24-26-28-30-32-34-36-41(49)61-39(37-59-40(48)35-33-31-29-27-25-23-16-14-12-10-8-6-4-2)38-60-65(57,58)63-47-44(52)42(50)43(51)46(45(47)53)62-64(54,55)56/h11,13,17-18,20-21,24,26,39,42-47,50-53H,3-10,12,14-16,19,22-23,25,27-38H2,1-2H3,(H,57,58)(H2,54,55,56). The first-order valence-corrected chi connectivity index (χ1v) is 27.2. The number of ether oxygens (including phenoxy) is 2. The molecule has 378 valence electrons. The summed E-state index contributed by atoms with van der Waals surface area (Å²) in [5, 5.41) is 41.2. The van der Waals surface area contributed by atoms with Crippen LogP contribution in [0.4, 0.5) is 0 Å². The number of aliphatic hydroxyl groups is 4. The van der Waals surface area contributed by atoms with Gasteiger partial charge in [0, 0.05) is 12.8 Å². The Hall–Kier alpha value is -2.04. The van der Waals surface area contributed by atoms with Crippen LogP contribution in [0.5, 0.6) is 0 Å². The van der Waals surface area contributed by atoms with Gasteiger partial charge in [-0.05, 0) is 57.8 Å². The van der Waals surface area contributed by atoms with E-state index >= 15 is 0 Å². The van der Waals surface area contributed by atoms with Gasteiger partial charge < -0.3 is 44.6 Å². The Morgan fingerprint density at radius 1 is 0.492 bits per heavy atom. The molecule has 0 radical (unpaired) electrons. The molecule has 16 nitrogen and oxygen atoms in total. The Labute approximate surface area is 388 Å². The highest BCUT2D eigenvalue weighted by molar-refractivity contribution is 7.47. The van der Waals surface area contributed by atoms with Crippen LogP contribution in [0, 0.1) is 0 Å². The van der Waals surface area contributed by atoms with E-state index in [2.05, 4.69) is 67.0 Å². The average molecular weight is 967 g/mol. The second kappa shape index (κ2) is 37.9. The second-order valence-electron chi connectivity index (χ2n) is 16.8. The van der Waals surface area contributed by atoms with Crippen molar-refractivity contribution < 1.29 is 76.9 Å². The average Bonchev–Trinajstić information content (AvgIpc) is 3.26. The molecule has 0 saturated heterocycles. The zero-order valence-electron chi connectivity index (χ0n) is 39.2. The Kier molecular flexibility index (Phi) is 35.5. The van der Waals surface area contributed by atoms with E-state index in [4.69, 9.17) is 18.5 Å². The topological polar surface area (TPSA) is 256 Å². The number of esters is 2. The number of phosphoric ester groups is 2. The van der Waals surface area contributed by atoms with Crippen LogP contribution in [0.25, 0.3) is 0 Å². The molecule has 1 saturated carbocycles. The van der Waals surface area contributed by atoms with Crippen molar-refractivity contribution in [3.63, 3.8) is 0 Å². The third-order valence-electron chi connectivity index (χ3n) is 10.9. The van der Waals surface area contributed by atoms with Gasteiger partial charge in [-0.1, -0.05) is 159 Å². The molecule has 8 atom stereocenters. The highest BCUT2D eigenvalue weighted by atomic mass is 31.2. The van der Waals surface area contributed by atoms with E-state index in [1.54, 1.807) is 0 Å². The summed E-state index contributed by atoms with van der Waals surface area (Å²) in [5.41, 5.74) is 0. The van der Waals surface area contributed by atoms with Gasteiger partial charge in [-0.15, -0.1) is 0 Å². The second-order valence-corrected chi connectivity index (χ2v) is 19.4. The number of carbonyl (C=O) groups excluding carboxylic acids is 2. The fourth-order valence-electron chi connectivity index (χ4n) is 7.13. The van der Waals surface area contributed by atoms with E-state index in [1.807, 2.05) is 0 Å². The van der Waals surface area contributed by atoms with Crippen LogP contribution in [-0.4, -0.2) is 103 Å². The van der Waals surface area contributed by atoms with Crippen molar-refractivity contribution in [3.05, 3.63) is 48.6 Å². The Bertz CT molecular complexity index is 1450. The summed E-state index contributed by atoms with van der Waals surface area (Å²) < 4.78 is 49.4. The van der Waals surface area contributed by atoms with Crippen LogP contribution < -0.4 is 0 Å². The highest BCUT2D eigenvalue weighted by Crippen LogP contribution is 2.49. The Balaban J connectivity index is 2.61. The van der Waals surface area contributed by atoms with Crippen molar-refractivity contribution >= 4 is 27.6 Å². The monoisotopic (exact) mass is 967 g/mol. The zero-order chi connectivity index (χ0) is 48.2. The number of aliphatic hydroxyl groups excluding tert-OH is 4. The summed E-state index contributed by atoms with van der Waals surface area (Å²) in [4.78, 5) is 54.3. The van der Waals surface area contributed by atoms with Crippen LogP contribution in [0.2, 0.25) is 0 Å². The van der Waals surface area contributed by atoms with Gasteiger partial charge in [-0.2, -0.15) is 0 Å². The first-order valence-electron chi connectivity index (χ1n) is 24.2. The molecule has 0 bridgehead atoms. The maximum Gasteiger partial charge on any atom is 0.472 e. The molecule has 1 aliphatic rings. The van der Waals surface area contributed by atoms with Gasteiger partial charge in [-0.3, -0.25) is 23.2 Å². The van der Waals surface area contributed by atoms with E-state index in [1.165, 1.54) is 70.6 Å². The van der Waals surface area contributed by atoms with Crippen molar-refractivity contribution in [2.24, 2.45) is 0 Å². The van der Waals surface area contributed by atoms with E-state index < -0.39 is 83.5 Å². The van der Waals surface area contributed by atoms with Crippen LogP contribution in [0.3, 0.4) is 0 Å². The van der Waals surface area contributed by atoms with Gasteiger partial charge in [0.1, 0.15) is 43.2 Å². The SMILES string of the molecule is CCCCCC=CCC=CCC=CCC=CCCCCCC(=O)OC(COC(=O)CCCCCCCCCCCCCCC)COP(=O)(O)OC1C(O)C(O)C(O)C(OP(=O)(O)O)C1O. The minimum atomic E-state index is -5.37. The summed E-state index contributed by atoms with van der Waals surface area (Å²) in [6.07, 6.45) is 27.8. The van der Waals surface area contributed by atoms with E-state index in [0.29, 0.717) is 12.8 Å². The van der Waals surface area contributed by atoms with Crippen LogP contribution in [-0.2, 0) is 41.8 Å². The Morgan fingerprint density at radius 3 is 1.38 bits per heavy atom. The third-order valence-corrected chi connectivity index (χ3v) is 12.4. The maximum absolute atomic E-state index is 13.0. The lowest BCUT2D eigenvalue weighted by atomic mass is 9.85. The summed E-state index contributed by atoms with van der Waals surface area (Å²) in [6.45, 7) is 3.06. The first kappa shape index (κ1) is 61.0. The summed E-state index contributed by atoms with van der Waals surface area (Å²) >= 11 is 0. The molecule has 0 heterocycles. The molecule has 7 N–H and O–H groups in total. The largest absolute Gasteiger partial charge is 0.472 e. The lowest BCUT2D eigenvalue weighted by Crippen LogP contribution is -2.64. The predicted molar refractivity (Wildman–Crippen MR) is 250 cm³/mol. The van der Waals surface area contributed by atoms with Crippen molar-refractivity contribution in [2.75, 3.05) is 13.2 Å². The molecule has 1 fully saturated rings. The number of rotatable bonds is 40. The molecule has 0 aromatic heterocycles. The first-order chi connectivity index (χ1) is 31.1. The number of carbonyl (C=O) groups is 2. The molecule has 1 aliphatic carbocycles. The molecule has 65 heavy (non-hydrogen) atoms. The summed E-state index contributed by atoms with van der Waals surface area (Å²) in [6, 6.07) is 0. The molecule has 1 rings (SSSR count). The molecular formula is C47H84O16P2. The quantitative estimate of drug-likeness (QED) is 0.0131. The van der Waals surface area contributed by atoms with Crippen molar-refractivity contribution in [3.8, 4) is 0 Å². The lowest BCUT2D eigenvalue weighted by molar-refractivity contribution is -0.216. The predicted octanol–water partition coefficient (Wildman–Crippen LogP) is 9.29. The van der Waals surface area contributed by atoms with Crippen molar-refractivity contribution in [2.45, 2.75) is 224 Å². The highest BCUT2D eigenvalue weighted by Gasteiger charge is 2.54. The van der Waals surface area contributed by atoms with E-state index in [-0.39, 0.29) is 12.8 Å².